The normalized spacial score (nSPS) is 16.0. The zero-order valence-electron chi connectivity index (χ0n) is 15.4. The summed E-state index contributed by atoms with van der Waals surface area (Å²) in [5.74, 6) is 0.478. The van der Waals surface area contributed by atoms with Crippen LogP contribution >= 0.6 is 0 Å². The Bertz CT molecular complexity index is 582. The van der Waals surface area contributed by atoms with Crippen molar-refractivity contribution in [3.05, 3.63) is 24.3 Å². The third-order valence-electron chi connectivity index (χ3n) is 4.34. The molecule has 0 radical (unpaired) electrons. The van der Waals surface area contributed by atoms with Gasteiger partial charge < -0.3 is 24.8 Å². The predicted octanol–water partition coefficient (Wildman–Crippen LogP) is 2.68. The molecular weight excluding hydrogens is 336 g/mol. The molecule has 0 bridgehead atoms. The second-order valence-corrected chi connectivity index (χ2v) is 6.49. The molecule has 0 spiro atoms. The molecule has 1 aromatic carbocycles. The number of phenols is 1. The topological polar surface area (TPSA) is 88.1 Å². The molecule has 1 aliphatic heterocycles. The number of amides is 2. The molecule has 7 nitrogen and oxygen atoms in total. The summed E-state index contributed by atoms with van der Waals surface area (Å²) in [7, 11) is 0. The second-order valence-electron chi connectivity index (χ2n) is 6.49. The Balaban J connectivity index is 1.71. The Kier molecular flexibility index (Phi) is 7.56. The summed E-state index contributed by atoms with van der Waals surface area (Å²) in [5.41, 5.74) is 0. The van der Waals surface area contributed by atoms with E-state index in [1.165, 1.54) is 12.1 Å². The van der Waals surface area contributed by atoms with E-state index in [-0.39, 0.29) is 23.8 Å². The molecule has 1 aromatic rings. The number of benzene rings is 1. The molecule has 2 rings (SSSR count). The van der Waals surface area contributed by atoms with Crippen molar-refractivity contribution in [2.24, 2.45) is 0 Å². The van der Waals surface area contributed by atoms with Gasteiger partial charge in [-0.2, -0.15) is 0 Å². The Morgan fingerprint density at radius 1 is 1.27 bits per heavy atom. The van der Waals surface area contributed by atoms with Gasteiger partial charge in [0.05, 0.1) is 6.61 Å². The second kappa shape index (κ2) is 9.89. The van der Waals surface area contributed by atoms with E-state index in [2.05, 4.69) is 5.32 Å². The highest BCUT2D eigenvalue weighted by atomic mass is 16.6. The van der Waals surface area contributed by atoms with E-state index in [4.69, 9.17) is 9.47 Å². The van der Waals surface area contributed by atoms with Crippen LogP contribution in [0.4, 0.5) is 4.79 Å². The Morgan fingerprint density at radius 3 is 2.54 bits per heavy atom. The monoisotopic (exact) mass is 364 g/mol. The molecule has 26 heavy (non-hydrogen) atoms. The number of aromatic hydroxyl groups is 1. The molecule has 2 amide bonds. The van der Waals surface area contributed by atoms with Crippen LogP contribution < -0.4 is 10.1 Å². The number of phenolic OH excluding ortho intramolecular Hbond substituents is 1. The first-order chi connectivity index (χ1) is 12.5. The van der Waals surface area contributed by atoms with Crippen molar-refractivity contribution in [1.82, 2.24) is 10.2 Å². The first kappa shape index (κ1) is 19.9. The number of nitrogens with zero attached hydrogens (tertiary/aromatic N) is 1. The number of carbonyl (C=O) groups excluding carboxylic acids is 2. The van der Waals surface area contributed by atoms with Crippen LogP contribution in [0.3, 0.4) is 0 Å². The zero-order chi connectivity index (χ0) is 18.9. The molecule has 1 unspecified atom stereocenters. The van der Waals surface area contributed by atoms with Crippen LogP contribution in [0, 0.1) is 0 Å². The summed E-state index contributed by atoms with van der Waals surface area (Å²) in [6, 6.07) is 6.27. The van der Waals surface area contributed by atoms with Crippen molar-refractivity contribution in [3.63, 3.8) is 0 Å². The number of piperidine rings is 1. The van der Waals surface area contributed by atoms with Crippen molar-refractivity contribution in [2.75, 3.05) is 19.7 Å². The summed E-state index contributed by atoms with van der Waals surface area (Å²) in [6.45, 7) is 5.33. The third-order valence-corrected chi connectivity index (χ3v) is 4.34. The van der Waals surface area contributed by atoms with Crippen molar-refractivity contribution < 1.29 is 24.2 Å². The largest absolute Gasteiger partial charge is 0.508 e. The summed E-state index contributed by atoms with van der Waals surface area (Å²) in [6.07, 6.45) is 2.34. The standard InChI is InChI=1S/C19H28N2O5/c1-3-4-13-25-19(24)21-11-9-15(10-12-21)20-18(23)14(2)26-17-7-5-16(22)6-8-17/h5-8,14-15,22H,3-4,9-13H2,1-2H3,(H,20,23). The van der Waals surface area contributed by atoms with Gasteiger partial charge in [-0.3, -0.25) is 4.79 Å². The van der Waals surface area contributed by atoms with Crippen LogP contribution in [-0.2, 0) is 9.53 Å². The molecule has 1 saturated heterocycles. The average Bonchev–Trinajstić information content (AvgIpc) is 2.64. The van der Waals surface area contributed by atoms with Gasteiger partial charge in [0.1, 0.15) is 11.5 Å². The molecule has 7 heteroatoms. The van der Waals surface area contributed by atoms with Crippen molar-refractivity contribution >= 4 is 12.0 Å². The Morgan fingerprint density at radius 2 is 1.92 bits per heavy atom. The summed E-state index contributed by atoms with van der Waals surface area (Å²) in [5, 5.41) is 12.2. The minimum Gasteiger partial charge on any atom is -0.508 e. The number of likely N-dealkylation sites (tertiary alicyclic amines) is 1. The van der Waals surface area contributed by atoms with Gasteiger partial charge in [0.2, 0.25) is 0 Å². The molecular formula is C19H28N2O5. The van der Waals surface area contributed by atoms with Gasteiger partial charge in [-0.15, -0.1) is 0 Å². The Hall–Kier alpha value is -2.44. The average molecular weight is 364 g/mol. The zero-order valence-corrected chi connectivity index (χ0v) is 15.4. The van der Waals surface area contributed by atoms with Gasteiger partial charge in [-0.25, -0.2) is 4.79 Å². The maximum atomic E-state index is 12.3. The summed E-state index contributed by atoms with van der Waals surface area (Å²) in [4.78, 5) is 25.9. The van der Waals surface area contributed by atoms with Crippen LogP contribution in [0.15, 0.2) is 24.3 Å². The predicted molar refractivity (Wildman–Crippen MR) is 97.2 cm³/mol. The third kappa shape index (κ3) is 6.13. The van der Waals surface area contributed by atoms with Crippen LogP contribution in [0.1, 0.15) is 39.5 Å². The lowest BCUT2D eigenvalue weighted by molar-refractivity contribution is -0.128. The minimum absolute atomic E-state index is 0.0214. The molecule has 1 aliphatic rings. The van der Waals surface area contributed by atoms with Crippen LogP contribution in [-0.4, -0.2) is 53.8 Å². The van der Waals surface area contributed by atoms with Crippen molar-refractivity contribution in [1.29, 1.82) is 0 Å². The summed E-state index contributed by atoms with van der Waals surface area (Å²) < 4.78 is 10.8. The highest BCUT2D eigenvalue weighted by Crippen LogP contribution is 2.18. The molecule has 0 saturated carbocycles. The highest BCUT2D eigenvalue weighted by molar-refractivity contribution is 5.81. The van der Waals surface area contributed by atoms with Gasteiger partial charge >= 0.3 is 6.09 Å². The number of ether oxygens (including phenoxy) is 2. The van der Waals surface area contributed by atoms with Gasteiger partial charge in [0.15, 0.2) is 6.10 Å². The van der Waals surface area contributed by atoms with Gasteiger partial charge in [-0.05, 0) is 50.5 Å². The first-order valence-electron chi connectivity index (χ1n) is 9.17. The molecule has 0 aromatic heterocycles. The molecule has 0 aliphatic carbocycles. The maximum Gasteiger partial charge on any atom is 0.409 e. The van der Waals surface area contributed by atoms with Crippen molar-refractivity contribution in [3.8, 4) is 11.5 Å². The van der Waals surface area contributed by atoms with Crippen LogP contribution in [0.5, 0.6) is 11.5 Å². The first-order valence-corrected chi connectivity index (χ1v) is 9.17. The SMILES string of the molecule is CCCCOC(=O)N1CCC(NC(=O)C(C)Oc2ccc(O)cc2)CC1. The number of carbonyl (C=O) groups is 2. The molecule has 144 valence electrons. The van der Waals surface area contributed by atoms with Gasteiger partial charge in [-0.1, -0.05) is 13.3 Å². The lowest BCUT2D eigenvalue weighted by atomic mass is 10.1. The quantitative estimate of drug-likeness (QED) is 0.726. The van der Waals surface area contributed by atoms with E-state index in [9.17, 15) is 14.7 Å². The summed E-state index contributed by atoms with van der Waals surface area (Å²) >= 11 is 0. The molecule has 1 heterocycles. The fourth-order valence-electron chi connectivity index (χ4n) is 2.70. The van der Waals surface area contributed by atoms with Crippen molar-refractivity contribution in [2.45, 2.75) is 51.7 Å². The van der Waals surface area contributed by atoms with E-state index >= 15 is 0 Å². The van der Waals surface area contributed by atoms with Crippen LogP contribution in [0.2, 0.25) is 0 Å². The van der Waals surface area contributed by atoms with E-state index in [0.29, 0.717) is 38.3 Å². The fourth-order valence-corrected chi connectivity index (χ4v) is 2.70. The fraction of sp³-hybridized carbons (Fsp3) is 0.579. The van der Waals surface area contributed by atoms with E-state index in [1.54, 1.807) is 24.0 Å². The number of hydrogen-bond donors (Lipinski definition) is 2. The Labute approximate surface area is 154 Å². The lowest BCUT2D eigenvalue weighted by Crippen LogP contribution is -2.49. The van der Waals surface area contributed by atoms with E-state index in [0.717, 1.165) is 12.8 Å². The number of nitrogens with one attached hydrogen (secondary N) is 1. The number of unbranched alkanes of at least 4 members (excludes halogenated alkanes) is 1. The van der Waals surface area contributed by atoms with E-state index in [1.807, 2.05) is 6.92 Å². The molecule has 1 fully saturated rings. The smallest absolute Gasteiger partial charge is 0.409 e. The van der Waals surface area contributed by atoms with E-state index < -0.39 is 6.10 Å². The lowest BCUT2D eigenvalue weighted by Gasteiger charge is -2.32. The number of rotatable bonds is 7. The number of hydrogen-bond acceptors (Lipinski definition) is 5. The molecule has 1 atom stereocenters. The maximum absolute atomic E-state index is 12.3. The van der Waals surface area contributed by atoms with Gasteiger partial charge in [0.25, 0.3) is 5.91 Å². The highest BCUT2D eigenvalue weighted by Gasteiger charge is 2.26. The van der Waals surface area contributed by atoms with Crippen LogP contribution in [0.25, 0.3) is 0 Å². The van der Waals surface area contributed by atoms with Gasteiger partial charge in [0, 0.05) is 19.1 Å². The molecule has 2 N–H and O–H groups in total. The minimum atomic E-state index is -0.642.